The Labute approximate surface area is 113 Å². The molecule has 0 bridgehead atoms. The van der Waals surface area contributed by atoms with Crippen molar-refractivity contribution in [1.29, 1.82) is 0 Å². The number of methoxy groups -OCH3 is 1. The van der Waals surface area contributed by atoms with Gasteiger partial charge < -0.3 is 19.5 Å². The minimum absolute atomic E-state index is 0.0927. The van der Waals surface area contributed by atoms with Crippen LogP contribution in [-0.4, -0.2) is 28.4 Å². The molecule has 1 aromatic carbocycles. The number of rotatable bonds is 3. The Kier molecular flexibility index (Phi) is 3.35. The summed E-state index contributed by atoms with van der Waals surface area (Å²) < 4.78 is 9.94. The normalized spacial score (nSPS) is 10.5. The zero-order valence-corrected chi connectivity index (χ0v) is 10.9. The number of aromatic nitrogens is 1. The number of carbonyl (C=O) groups is 1. The molecule has 0 amide bonds. The van der Waals surface area contributed by atoms with Gasteiger partial charge in [-0.1, -0.05) is 16.8 Å². The quantitative estimate of drug-likeness (QED) is 0.899. The number of carboxylic acids is 1. The monoisotopic (exact) mass is 283 g/mol. The third kappa shape index (κ3) is 2.22. The van der Waals surface area contributed by atoms with Gasteiger partial charge in [0.25, 0.3) is 0 Å². The van der Waals surface area contributed by atoms with Gasteiger partial charge in [0.05, 0.1) is 12.7 Å². The minimum atomic E-state index is -1.22. The van der Waals surface area contributed by atoms with Gasteiger partial charge in [-0.05, 0) is 13.0 Å². The summed E-state index contributed by atoms with van der Waals surface area (Å²) in [6, 6.07) is 2.66. The van der Waals surface area contributed by atoms with Gasteiger partial charge in [0.15, 0.2) is 23.0 Å². The fourth-order valence-electron chi connectivity index (χ4n) is 1.65. The molecule has 1 aromatic heterocycles. The topological polar surface area (TPSA) is 92.8 Å². The molecule has 0 radical (unpaired) electrons. The van der Waals surface area contributed by atoms with Crippen molar-refractivity contribution in [3.63, 3.8) is 0 Å². The van der Waals surface area contributed by atoms with Gasteiger partial charge in [0.1, 0.15) is 0 Å². The molecule has 0 saturated carbocycles. The number of carboxylic acid groups (broad SMARTS) is 1. The molecule has 1 heterocycles. The average Bonchev–Trinajstić information content (AvgIpc) is 2.84. The van der Waals surface area contributed by atoms with E-state index in [2.05, 4.69) is 5.16 Å². The first-order valence-electron chi connectivity index (χ1n) is 5.22. The molecule has 2 N–H and O–H groups in total. The largest absolute Gasteiger partial charge is 0.504 e. The van der Waals surface area contributed by atoms with E-state index in [1.54, 1.807) is 6.92 Å². The maximum absolute atomic E-state index is 10.7. The Morgan fingerprint density at radius 2 is 2.16 bits per heavy atom. The molecular formula is C12H10ClNO5. The third-order valence-corrected chi connectivity index (χ3v) is 3.03. The van der Waals surface area contributed by atoms with Crippen molar-refractivity contribution in [1.82, 2.24) is 5.16 Å². The summed E-state index contributed by atoms with van der Waals surface area (Å²) in [6.45, 7) is 1.69. The number of nitrogens with zero attached hydrogens (tertiary/aromatic N) is 1. The summed E-state index contributed by atoms with van der Waals surface area (Å²) in [5, 5.41) is 22.6. The van der Waals surface area contributed by atoms with Crippen molar-refractivity contribution < 1.29 is 24.3 Å². The van der Waals surface area contributed by atoms with Crippen LogP contribution in [0.4, 0.5) is 0 Å². The van der Waals surface area contributed by atoms with E-state index in [-0.39, 0.29) is 28.5 Å². The summed E-state index contributed by atoms with van der Waals surface area (Å²) in [5.74, 6) is -1.11. The van der Waals surface area contributed by atoms with Crippen LogP contribution in [0.3, 0.4) is 0 Å². The lowest BCUT2D eigenvalue weighted by molar-refractivity contribution is 0.0686. The van der Waals surface area contributed by atoms with Gasteiger partial charge in [-0.3, -0.25) is 0 Å². The van der Waals surface area contributed by atoms with Gasteiger partial charge >= 0.3 is 5.97 Å². The van der Waals surface area contributed by atoms with Crippen LogP contribution < -0.4 is 4.74 Å². The van der Waals surface area contributed by atoms with Gasteiger partial charge in [0.2, 0.25) is 0 Å². The number of phenolic OH excluding ortho intramolecular Hbond substituents is 1. The van der Waals surface area contributed by atoms with Gasteiger partial charge in [-0.2, -0.15) is 0 Å². The van der Waals surface area contributed by atoms with Crippen LogP contribution in [0.2, 0.25) is 5.02 Å². The lowest BCUT2D eigenvalue weighted by Gasteiger charge is -2.11. The molecule has 0 atom stereocenters. The Morgan fingerprint density at radius 3 is 2.68 bits per heavy atom. The molecule has 0 saturated heterocycles. The zero-order chi connectivity index (χ0) is 14.2. The standard InChI is InChI=1S/C12H10ClNO5/c1-5-7(13)3-6(10(15)11(5)18-2)9-4-8(12(16)17)14-19-9/h3-4,15H,1-2H3,(H,16,17). The maximum Gasteiger partial charge on any atom is 0.358 e. The molecule has 2 aromatic rings. The van der Waals surface area contributed by atoms with Crippen LogP contribution in [0.15, 0.2) is 16.7 Å². The van der Waals surface area contributed by atoms with Crippen LogP contribution in [0.5, 0.6) is 11.5 Å². The smallest absolute Gasteiger partial charge is 0.358 e. The average molecular weight is 284 g/mol. The number of halogens is 1. The van der Waals surface area contributed by atoms with Crippen molar-refractivity contribution in [3.05, 3.63) is 28.4 Å². The first-order chi connectivity index (χ1) is 8.95. The molecule has 19 heavy (non-hydrogen) atoms. The lowest BCUT2D eigenvalue weighted by Crippen LogP contribution is -1.94. The number of aromatic carboxylic acids is 1. The molecule has 0 unspecified atom stereocenters. The second kappa shape index (κ2) is 4.81. The summed E-state index contributed by atoms with van der Waals surface area (Å²) in [7, 11) is 1.39. The summed E-state index contributed by atoms with van der Waals surface area (Å²) >= 11 is 6.02. The maximum atomic E-state index is 10.7. The fraction of sp³-hybridized carbons (Fsp3) is 0.167. The Morgan fingerprint density at radius 1 is 1.47 bits per heavy atom. The van der Waals surface area contributed by atoms with Crippen LogP contribution >= 0.6 is 11.6 Å². The van der Waals surface area contributed by atoms with Crippen molar-refractivity contribution in [2.45, 2.75) is 6.92 Å². The van der Waals surface area contributed by atoms with Crippen LogP contribution in [0, 0.1) is 6.92 Å². The molecule has 0 aliphatic rings. The Balaban J connectivity index is 2.61. The number of aromatic hydroxyl groups is 1. The van der Waals surface area contributed by atoms with Crippen molar-refractivity contribution in [3.8, 4) is 22.8 Å². The molecule has 6 nitrogen and oxygen atoms in total. The number of benzene rings is 1. The molecule has 0 aliphatic heterocycles. The van der Waals surface area contributed by atoms with E-state index in [0.717, 1.165) is 0 Å². The van der Waals surface area contributed by atoms with E-state index in [1.807, 2.05) is 0 Å². The fourth-order valence-corrected chi connectivity index (χ4v) is 1.85. The molecular weight excluding hydrogens is 274 g/mol. The van der Waals surface area contributed by atoms with E-state index in [1.165, 1.54) is 19.2 Å². The second-order valence-corrected chi connectivity index (χ2v) is 4.20. The predicted molar refractivity (Wildman–Crippen MR) is 66.9 cm³/mol. The van der Waals surface area contributed by atoms with E-state index in [4.69, 9.17) is 26.0 Å². The highest BCUT2D eigenvalue weighted by Crippen LogP contribution is 2.43. The minimum Gasteiger partial charge on any atom is -0.504 e. The third-order valence-electron chi connectivity index (χ3n) is 2.64. The zero-order valence-electron chi connectivity index (χ0n) is 10.1. The number of ether oxygens (including phenoxy) is 1. The van der Waals surface area contributed by atoms with Crippen LogP contribution in [-0.2, 0) is 0 Å². The molecule has 0 spiro atoms. The van der Waals surface area contributed by atoms with Crippen molar-refractivity contribution in [2.75, 3.05) is 7.11 Å². The van der Waals surface area contributed by atoms with E-state index >= 15 is 0 Å². The highest BCUT2D eigenvalue weighted by atomic mass is 35.5. The molecule has 0 fully saturated rings. The van der Waals surface area contributed by atoms with E-state index < -0.39 is 5.97 Å². The van der Waals surface area contributed by atoms with Gasteiger partial charge in [0, 0.05) is 16.7 Å². The first kappa shape index (κ1) is 13.2. The summed E-state index contributed by atoms with van der Waals surface area (Å²) in [6.07, 6.45) is 0. The highest BCUT2D eigenvalue weighted by Gasteiger charge is 2.20. The van der Waals surface area contributed by atoms with Gasteiger partial charge in [-0.15, -0.1) is 0 Å². The Bertz CT molecular complexity index is 650. The number of hydrogen-bond donors (Lipinski definition) is 2. The molecule has 7 heteroatoms. The first-order valence-corrected chi connectivity index (χ1v) is 5.60. The summed E-state index contributed by atoms with van der Waals surface area (Å²) in [5.41, 5.74) is 0.529. The Hall–Kier alpha value is -2.21. The van der Waals surface area contributed by atoms with E-state index in [9.17, 15) is 9.90 Å². The predicted octanol–water partition coefficient (Wildman–Crippen LogP) is 2.72. The number of hydrogen-bond acceptors (Lipinski definition) is 5. The van der Waals surface area contributed by atoms with Crippen molar-refractivity contribution >= 4 is 17.6 Å². The molecule has 0 aliphatic carbocycles. The SMILES string of the molecule is COc1c(C)c(Cl)cc(-c2cc(C(=O)O)no2)c1O. The van der Waals surface area contributed by atoms with E-state index in [0.29, 0.717) is 10.6 Å². The highest BCUT2D eigenvalue weighted by molar-refractivity contribution is 6.32. The molecule has 2 rings (SSSR count). The second-order valence-electron chi connectivity index (χ2n) is 3.79. The molecule has 100 valence electrons. The lowest BCUT2D eigenvalue weighted by atomic mass is 10.1. The summed E-state index contributed by atoms with van der Waals surface area (Å²) in [4.78, 5) is 10.7. The van der Waals surface area contributed by atoms with Crippen LogP contribution in [0.25, 0.3) is 11.3 Å². The van der Waals surface area contributed by atoms with Crippen molar-refractivity contribution in [2.24, 2.45) is 0 Å². The van der Waals surface area contributed by atoms with Crippen LogP contribution in [0.1, 0.15) is 16.1 Å². The van der Waals surface area contributed by atoms with Gasteiger partial charge in [-0.25, -0.2) is 4.79 Å². The number of phenols is 1.